The van der Waals surface area contributed by atoms with E-state index in [1.54, 1.807) is 14.1 Å². The molecule has 0 aromatic heterocycles. The Morgan fingerprint density at radius 2 is 2.00 bits per heavy atom. The number of hydrogen-bond donors (Lipinski definition) is 3. The highest BCUT2D eigenvalue weighted by molar-refractivity contribution is 5.94. The van der Waals surface area contributed by atoms with E-state index in [1.807, 2.05) is 24.3 Å². The summed E-state index contributed by atoms with van der Waals surface area (Å²) in [5, 5.41) is 9.40. The second-order valence-electron chi connectivity index (χ2n) is 7.37. The Bertz CT molecular complexity index is 877. The van der Waals surface area contributed by atoms with Crippen LogP contribution in [0.3, 0.4) is 0 Å². The zero-order chi connectivity index (χ0) is 20.6. The van der Waals surface area contributed by atoms with Crippen LogP contribution in [0.5, 0.6) is 0 Å². The molecule has 1 heterocycles. The van der Waals surface area contributed by atoms with Crippen LogP contribution in [-0.4, -0.2) is 46.1 Å². The minimum atomic E-state index is -0.0615. The number of hydrogen-bond acceptors (Lipinski definition) is 3. The molecule has 29 heavy (non-hydrogen) atoms. The maximum absolute atomic E-state index is 11.8. The van der Waals surface area contributed by atoms with Crippen molar-refractivity contribution in [2.75, 3.05) is 39.1 Å². The van der Waals surface area contributed by atoms with E-state index in [0.717, 1.165) is 44.0 Å². The predicted molar refractivity (Wildman–Crippen MR) is 120 cm³/mol. The Morgan fingerprint density at radius 3 is 2.79 bits per heavy atom. The number of aryl methyl sites for hydroxylation is 1. The number of guanidine groups is 1. The first-order valence-electron chi connectivity index (χ1n) is 10.2. The van der Waals surface area contributed by atoms with Gasteiger partial charge in [-0.1, -0.05) is 24.3 Å². The fraction of sp³-hybridized carbons (Fsp3) is 0.391. The van der Waals surface area contributed by atoms with Crippen LogP contribution < -0.4 is 20.9 Å². The average Bonchev–Trinajstić information content (AvgIpc) is 2.75. The van der Waals surface area contributed by atoms with Gasteiger partial charge >= 0.3 is 0 Å². The minimum Gasteiger partial charge on any atom is -0.374 e. The second-order valence-corrected chi connectivity index (χ2v) is 7.37. The molecule has 6 heteroatoms. The zero-order valence-electron chi connectivity index (χ0n) is 17.6. The molecule has 1 amide bonds. The van der Waals surface area contributed by atoms with E-state index in [2.05, 4.69) is 51.1 Å². The monoisotopic (exact) mass is 393 g/mol. The van der Waals surface area contributed by atoms with E-state index >= 15 is 0 Å². The number of carbonyl (C=O) groups is 1. The topological polar surface area (TPSA) is 68.8 Å². The van der Waals surface area contributed by atoms with E-state index in [-0.39, 0.29) is 5.91 Å². The molecule has 3 N–H and O–H groups in total. The second kappa shape index (κ2) is 9.96. The highest BCUT2D eigenvalue weighted by Gasteiger charge is 2.13. The van der Waals surface area contributed by atoms with Crippen molar-refractivity contribution in [1.82, 2.24) is 16.0 Å². The van der Waals surface area contributed by atoms with E-state index in [9.17, 15) is 4.79 Å². The van der Waals surface area contributed by atoms with Gasteiger partial charge in [0.2, 0.25) is 0 Å². The first-order chi connectivity index (χ1) is 14.1. The van der Waals surface area contributed by atoms with Crippen LogP contribution in [0.15, 0.2) is 47.5 Å². The van der Waals surface area contributed by atoms with Crippen molar-refractivity contribution in [3.63, 3.8) is 0 Å². The molecule has 0 bridgehead atoms. The number of aliphatic imine (C=N–C) groups is 1. The van der Waals surface area contributed by atoms with Crippen molar-refractivity contribution in [1.29, 1.82) is 0 Å². The van der Waals surface area contributed by atoms with Crippen LogP contribution in [-0.2, 0) is 19.4 Å². The minimum absolute atomic E-state index is 0.0615. The highest BCUT2D eigenvalue weighted by atomic mass is 16.1. The smallest absolute Gasteiger partial charge is 0.251 e. The zero-order valence-corrected chi connectivity index (χ0v) is 17.6. The summed E-state index contributed by atoms with van der Waals surface area (Å²) in [5.41, 5.74) is 5.84. The molecular formula is C23H31N5O. The molecule has 0 unspecified atom stereocenters. The predicted octanol–water partition coefficient (Wildman–Crippen LogP) is 2.34. The standard InChI is InChI=1S/C23H31N5O/c1-24-22(29)20-7-4-6-17(14-20)11-12-26-23(25-2)27-16-18-9-10-21-19(15-18)8-5-13-28(21)3/h4,6-7,9-10,14-15H,5,8,11-13,16H2,1-3H3,(H,24,29)(H2,25,26,27). The van der Waals surface area contributed by atoms with E-state index in [1.165, 1.54) is 23.2 Å². The van der Waals surface area contributed by atoms with Crippen LogP contribution in [0.1, 0.15) is 33.5 Å². The summed E-state index contributed by atoms with van der Waals surface area (Å²) in [6.07, 6.45) is 3.18. The van der Waals surface area contributed by atoms with E-state index < -0.39 is 0 Å². The fourth-order valence-corrected chi connectivity index (χ4v) is 3.69. The van der Waals surface area contributed by atoms with Crippen molar-refractivity contribution < 1.29 is 4.79 Å². The summed E-state index contributed by atoms with van der Waals surface area (Å²) < 4.78 is 0. The number of nitrogens with one attached hydrogen (secondary N) is 3. The molecule has 0 fully saturated rings. The largest absolute Gasteiger partial charge is 0.374 e. The molecule has 0 atom stereocenters. The normalized spacial score (nSPS) is 13.6. The first-order valence-corrected chi connectivity index (χ1v) is 10.2. The molecule has 0 radical (unpaired) electrons. The molecule has 0 aliphatic carbocycles. The lowest BCUT2D eigenvalue weighted by Gasteiger charge is -2.28. The molecule has 2 aromatic carbocycles. The van der Waals surface area contributed by atoms with Crippen molar-refractivity contribution >= 4 is 17.6 Å². The van der Waals surface area contributed by atoms with Crippen LogP contribution >= 0.6 is 0 Å². The number of rotatable bonds is 6. The van der Waals surface area contributed by atoms with Gasteiger partial charge in [0, 0.05) is 52.0 Å². The van der Waals surface area contributed by atoms with Gasteiger partial charge in [0.1, 0.15) is 0 Å². The first kappa shape index (κ1) is 20.7. The number of carbonyl (C=O) groups excluding carboxylic acids is 1. The summed E-state index contributed by atoms with van der Waals surface area (Å²) in [6, 6.07) is 14.4. The third-order valence-electron chi connectivity index (χ3n) is 5.30. The van der Waals surface area contributed by atoms with Gasteiger partial charge in [0.05, 0.1) is 0 Å². The van der Waals surface area contributed by atoms with Crippen molar-refractivity contribution in [2.24, 2.45) is 4.99 Å². The van der Waals surface area contributed by atoms with Crippen LogP contribution in [0.2, 0.25) is 0 Å². The summed E-state index contributed by atoms with van der Waals surface area (Å²) in [4.78, 5) is 18.4. The molecule has 3 rings (SSSR count). The van der Waals surface area contributed by atoms with Crippen molar-refractivity contribution in [2.45, 2.75) is 25.8 Å². The molecule has 0 saturated carbocycles. The molecule has 0 spiro atoms. The van der Waals surface area contributed by atoms with Gasteiger partial charge in [-0.05, 0) is 54.2 Å². The summed E-state index contributed by atoms with van der Waals surface area (Å²) in [6.45, 7) is 2.61. The summed E-state index contributed by atoms with van der Waals surface area (Å²) in [7, 11) is 5.59. The van der Waals surface area contributed by atoms with Gasteiger partial charge in [-0.15, -0.1) is 0 Å². The molecule has 1 aliphatic rings. The van der Waals surface area contributed by atoms with Crippen molar-refractivity contribution in [3.05, 3.63) is 64.7 Å². The third kappa shape index (κ3) is 5.50. The Balaban J connectivity index is 1.50. The maximum Gasteiger partial charge on any atom is 0.251 e. The van der Waals surface area contributed by atoms with Crippen LogP contribution in [0.25, 0.3) is 0 Å². The van der Waals surface area contributed by atoms with E-state index in [0.29, 0.717) is 5.56 Å². The number of benzene rings is 2. The van der Waals surface area contributed by atoms with Gasteiger partial charge in [-0.2, -0.15) is 0 Å². The summed E-state index contributed by atoms with van der Waals surface area (Å²) in [5.74, 6) is 0.718. The molecule has 1 aliphatic heterocycles. The Morgan fingerprint density at radius 1 is 1.14 bits per heavy atom. The number of amides is 1. The average molecular weight is 394 g/mol. The third-order valence-corrected chi connectivity index (χ3v) is 5.30. The number of anilines is 1. The fourth-order valence-electron chi connectivity index (χ4n) is 3.69. The number of nitrogens with zero attached hydrogens (tertiary/aromatic N) is 2. The quantitative estimate of drug-likeness (QED) is 0.521. The van der Waals surface area contributed by atoms with E-state index in [4.69, 9.17) is 0 Å². The lowest BCUT2D eigenvalue weighted by Crippen LogP contribution is -2.38. The molecule has 154 valence electrons. The van der Waals surface area contributed by atoms with Gasteiger partial charge in [-0.25, -0.2) is 0 Å². The Kier molecular flexibility index (Phi) is 7.11. The van der Waals surface area contributed by atoms with Gasteiger partial charge < -0.3 is 20.9 Å². The highest BCUT2D eigenvalue weighted by Crippen LogP contribution is 2.26. The SMILES string of the molecule is CN=C(NCCc1cccc(C(=O)NC)c1)NCc1ccc2c(c1)CCCN2C. The molecule has 2 aromatic rings. The van der Waals surface area contributed by atoms with Crippen molar-refractivity contribution in [3.8, 4) is 0 Å². The lowest BCUT2D eigenvalue weighted by atomic mass is 9.99. The molecule has 0 saturated heterocycles. The van der Waals surface area contributed by atoms with Crippen LogP contribution in [0.4, 0.5) is 5.69 Å². The number of fused-ring (bicyclic) bond motifs is 1. The molecular weight excluding hydrogens is 362 g/mol. The summed E-state index contributed by atoms with van der Waals surface area (Å²) >= 11 is 0. The molecule has 6 nitrogen and oxygen atoms in total. The Hall–Kier alpha value is -3.02. The van der Waals surface area contributed by atoms with Gasteiger partial charge in [0.15, 0.2) is 5.96 Å². The maximum atomic E-state index is 11.8. The van der Waals surface area contributed by atoms with Gasteiger partial charge in [-0.3, -0.25) is 9.79 Å². The van der Waals surface area contributed by atoms with Gasteiger partial charge in [0.25, 0.3) is 5.91 Å². The Labute approximate surface area is 173 Å². The van der Waals surface area contributed by atoms with Crippen LogP contribution in [0, 0.1) is 0 Å². The lowest BCUT2D eigenvalue weighted by molar-refractivity contribution is 0.0963.